The fourth-order valence-electron chi connectivity index (χ4n) is 3.50. The van der Waals surface area contributed by atoms with E-state index < -0.39 is 0 Å². The van der Waals surface area contributed by atoms with E-state index in [-0.39, 0.29) is 0 Å². The average molecular weight is 441 g/mol. The van der Waals surface area contributed by atoms with Crippen LogP contribution in [0.1, 0.15) is 0 Å². The van der Waals surface area contributed by atoms with Gasteiger partial charge in [-0.25, -0.2) is 0 Å². The first-order chi connectivity index (χ1) is 12.9. The Hall–Kier alpha value is -1.02. The molecule has 0 unspecified atom stereocenters. The molecule has 7 rings (SSSR count). The molecular weight excluding hydrogens is 433 g/mol. The molecule has 6 heteroatoms. The average Bonchev–Trinajstić information content (AvgIpc) is 3.38. The van der Waals surface area contributed by atoms with Crippen LogP contribution in [0.25, 0.3) is 39.0 Å². The van der Waals surface area contributed by atoms with Gasteiger partial charge in [0.2, 0.25) is 0 Å². The molecule has 4 aromatic heterocycles. The highest BCUT2D eigenvalue weighted by molar-refractivity contribution is 8.08. The van der Waals surface area contributed by atoms with E-state index in [2.05, 4.69) is 48.5 Å². The van der Waals surface area contributed by atoms with Gasteiger partial charge in [0.05, 0.1) is 37.0 Å². The van der Waals surface area contributed by atoms with Gasteiger partial charge in [-0.3, -0.25) is 0 Å². The van der Waals surface area contributed by atoms with Crippen molar-refractivity contribution in [2.24, 2.45) is 0 Å². The Kier molecular flexibility index (Phi) is 3.04. The first-order valence-electron chi connectivity index (χ1n) is 8.10. The lowest BCUT2D eigenvalue weighted by Crippen LogP contribution is -1.78. The van der Waals surface area contributed by atoms with Crippen LogP contribution in [-0.4, -0.2) is 0 Å². The number of rotatable bonds is 0. The van der Waals surface area contributed by atoms with Crippen molar-refractivity contribution in [3.05, 3.63) is 48.5 Å². The van der Waals surface area contributed by atoms with Gasteiger partial charge in [0.25, 0.3) is 0 Å². The standard InChI is InChI=1S/C20H8S6/c1-3-7-11-9(5-1)13-15(21-11)17-19(23-13)26-18-16-14(24-20(18)25-17)10-6-2-4-8-12(10)22-16/h1-8H. The molecule has 26 heavy (non-hydrogen) atoms. The second-order valence-electron chi connectivity index (χ2n) is 6.15. The Bertz CT molecular complexity index is 1370. The topological polar surface area (TPSA) is 0 Å². The summed E-state index contributed by atoms with van der Waals surface area (Å²) in [5, 5.41) is 2.84. The van der Waals surface area contributed by atoms with Gasteiger partial charge in [0.15, 0.2) is 0 Å². The molecule has 0 saturated heterocycles. The maximum Gasteiger partial charge on any atom is 0.0809 e. The summed E-state index contributed by atoms with van der Waals surface area (Å²) in [7, 11) is 0. The molecule has 5 heterocycles. The summed E-state index contributed by atoms with van der Waals surface area (Å²) in [5.74, 6) is 0. The molecule has 0 bridgehead atoms. The molecule has 2 aromatic carbocycles. The molecule has 0 spiro atoms. The van der Waals surface area contributed by atoms with E-state index in [9.17, 15) is 0 Å². The number of fused-ring (bicyclic) bond motifs is 10. The van der Waals surface area contributed by atoms with Gasteiger partial charge in [0, 0.05) is 20.2 Å². The fraction of sp³-hybridized carbons (Fsp3) is 0. The van der Waals surface area contributed by atoms with Gasteiger partial charge in [-0.05, 0) is 12.1 Å². The number of benzene rings is 2. The summed E-state index contributed by atoms with van der Waals surface area (Å²) in [5.41, 5.74) is 0. The zero-order valence-electron chi connectivity index (χ0n) is 13.1. The maximum absolute atomic E-state index is 2.27. The van der Waals surface area contributed by atoms with E-state index >= 15 is 0 Å². The molecule has 0 amide bonds. The van der Waals surface area contributed by atoms with E-state index in [0.29, 0.717) is 0 Å². The monoisotopic (exact) mass is 440 g/mol. The lowest BCUT2D eigenvalue weighted by molar-refractivity contribution is 1.35. The summed E-state index contributed by atoms with van der Waals surface area (Å²) < 4.78 is 11.7. The molecule has 0 atom stereocenters. The molecule has 0 radical (unpaired) electrons. The SMILES string of the molecule is c1ccc2c(c1)sc1c3c(sc12)Sc1c(sc2c1sc1ccccc12)S3. The van der Waals surface area contributed by atoms with E-state index in [1.165, 1.54) is 57.2 Å². The van der Waals surface area contributed by atoms with Crippen molar-refractivity contribution in [2.45, 2.75) is 18.2 Å². The van der Waals surface area contributed by atoms with Crippen LogP contribution >= 0.6 is 68.9 Å². The smallest absolute Gasteiger partial charge is 0.0809 e. The minimum Gasteiger partial charge on any atom is -0.133 e. The summed E-state index contributed by atoms with van der Waals surface area (Å²) in [6, 6.07) is 17.6. The maximum atomic E-state index is 2.27. The minimum atomic E-state index is 1.41. The van der Waals surface area contributed by atoms with Crippen LogP contribution in [0, 0.1) is 0 Å². The third-order valence-electron chi connectivity index (χ3n) is 4.66. The highest BCUT2D eigenvalue weighted by atomic mass is 32.2. The number of hydrogen-bond donors (Lipinski definition) is 0. The van der Waals surface area contributed by atoms with Gasteiger partial charge < -0.3 is 0 Å². The number of thiophene rings is 4. The van der Waals surface area contributed by atoms with Crippen molar-refractivity contribution in [1.82, 2.24) is 0 Å². The van der Waals surface area contributed by atoms with Gasteiger partial charge in [-0.15, -0.1) is 45.3 Å². The summed E-state index contributed by atoms with van der Waals surface area (Å²) in [6.45, 7) is 0. The van der Waals surface area contributed by atoms with Crippen molar-refractivity contribution < 1.29 is 0 Å². The molecule has 1 aliphatic rings. The first-order valence-corrected chi connectivity index (χ1v) is 13.0. The van der Waals surface area contributed by atoms with Crippen LogP contribution in [0.5, 0.6) is 0 Å². The first kappa shape index (κ1) is 15.0. The third-order valence-corrected chi connectivity index (χ3v) is 13.1. The van der Waals surface area contributed by atoms with Crippen molar-refractivity contribution in [1.29, 1.82) is 0 Å². The van der Waals surface area contributed by atoms with Crippen LogP contribution in [-0.2, 0) is 0 Å². The zero-order chi connectivity index (χ0) is 16.8. The summed E-state index contributed by atoms with van der Waals surface area (Å²) in [4.78, 5) is 2.98. The van der Waals surface area contributed by atoms with Crippen LogP contribution in [0.2, 0.25) is 0 Å². The highest BCUT2D eigenvalue weighted by Crippen LogP contribution is 2.62. The van der Waals surface area contributed by atoms with Crippen LogP contribution in [0.15, 0.2) is 66.7 Å². The minimum absolute atomic E-state index is 1.41. The number of hydrogen-bond acceptors (Lipinski definition) is 6. The molecule has 0 nitrogen and oxygen atoms in total. The Labute approximate surface area is 173 Å². The van der Waals surface area contributed by atoms with Gasteiger partial charge in [0.1, 0.15) is 0 Å². The molecule has 0 fully saturated rings. The van der Waals surface area contributed by atoms with Gasteiger partial charge in [-0.2, -0.15) is 0 Å². The highest BCUT2D eigenvalue weighted by Gasteiger charge is 2.28. The molecule has 0 saturated carbocycles. The van der Waals surface area contributed by atoms with E-state index in [0.717, 1.165) is 0 Å². The zero-order valence-corrected chi connectivity index (χ0v) is 18.0. The fourth-order valence-corrected chi connectivity index (χ4v) is 12.5. The van der Waals surface area contributed by atoms with Crippen LogP contribution in [0.4, 0.5) is 0 Å². The quantitative estimate of drug-likeness (QED) is 0.230. The van der Waals surface area contributed by atoms with E-state index in [1.807, 2.05) is 68.9 Å². The third kappa shape index (κ3) is 1.87. The lowest BCUT2D eigenvalue weighted by Gasteiger charge is -2.10. The van der Waals surface area contributed by atoms with Crippen LogP contribution in [0.3, 0.4) is 0 Å². The molecular formula is C20H8S6. The normalized spacial score (nSPS) is 13.8. The molecule has 0 N–H and O–H groups in total. The second kappa shape index (κ2) is 5.28. The largest absolute Gasteiger partial charge is 0.133 e. The Balaban J connectivity index is 1.50. The van der Waals surface area contributed by atoms with Gasteiger partial charge in [-0.1, -0.05) is 59.9 Å². The van der Waals surface area contributed by atoms with Crippen LogP contribution < -0.4 is 0 Å². The Morgan fingerprint density at radius 2 is 0.923 bits per heavy atom. The predicted octanol–water partition coefficient (Wildman–Crippen LogP) is 9.16. The Morgan fingerprint density at radius 3 is 1.42 bits per heavy atom. The summed E-state index contributed by atoms with van der Waals surface area (Å²) >= 11 is 11.9. The summed E-state index contributed by atoms with van der Waals surface area (Å²) in [6.07, 6.45) is 0. The van der Waals surface area contributed by atoms with Crippen molar-refractivity contribution >= 4 is 108 Å². The van der Waals surface area contributed by atoms with Crippen molar-refractivity contribution in [2.75, 3.05) is 0 Å². The van der Waals surface area contributed by atoms with Crippen molar-refractivity contribution in [3.63, 3.8) is 0 Å². The van der Waals surface area contributed by atoms with Crippen molar-refractivity contribution in [3.8, 4) is 0 Å². The Morgan fingerprint density at radius 1 is 0.462 bits per heavy atom. The second-order valence-corrected chi connectivity index (χ2v) is 12.9. The van der Waals surface area contributed by atoms with Gasteiger partial charge >= 0.3 is 0 Å². The molecule has 124 valence electrons. The molecule has 1 aliphatic heterocycles. The predicted molar refractivity (Wildman–Crippen MR) is 123 cm³/mol. The van der Waals surface area contributed by atoms with E-state index in [4.69, 9.17) is 0 Å². The lowest BCUT2D eigenvalue weighted by atomic mass is 10.2. The molecule has 6 aromatic rings. The van der Waals surface area contributed by atoms with E-state index in [1.54, 1.807) is 0 Å². The molecule has 0 aliphatic carbocycles.